The fraction of sp³-hybridized carbons (Fsp3) is 0.480. The molecule has 3 N–H and O–H groups in total. The van der Waals surface area contributed by atoms with E-state index in [1.54, 1.807) is 12.1 Å². The van der Waals surface area contributed by atoms with Crippen LogP contribution in [0.1, 0.15) is 43.0 Å². The van der Waals surface area contributed by atoms with Crippen LogP contribution in [-0.4, -0.2) is 57.5 Å². The fourth-order valence-corrected chi connectivity index (χ4v) is 3.86. The van der Waals surface area contributed by atoms with Crippen molar-refractivity contribution in [2.24, 2.45) is 5.73 Å². The van der Waals surface area contributed by atoms with Crippen LogP contribution < -0.4 is 60.1 Å². The Labute approximate surface area is 239 Å². The van der Waals surface area contributed by atoms with Crippen molar-refractivity contribution >= 4 is 11.6 Å². The zero-order valence-electron chi connectivity index (χ0n) is 26.1. The average Bonchev–Trinajstić information content (AvgIpc) is 3.29. The molecule has 1 aliphatic rings. The van der Waals surface area contributed by atoms with Crippen molar-refractivity contribution in [1.82, 2.24) is 5.32 Å². The third-order valence-corrected chi connectivity index (χ3v) is 5.27. The third kappa shape index (κ3) is 8.85. The minimum atomic E-state index is -4.49. The van der Waals surface area contributed by atoms with Crippen LogP contribution in [0.5, 0.6) is 11.5 Å². The summed E-state index contributed by atoms with van der Waals surface area (Å²) in [5.74, 6) is -0.764. The molecule has 0 aliphatic carbocycles. The second kappa shape index (κ2) is 14.1. The van der Waals surface area contributed by atoms with Gasteiger partial charge in [-0.3, -0.25) is 4.79 Å². The van der Waals surface area contributed by atoms with Crippen molar-refractivity contribution in [3.05, 3.63) is 53.1 Å². The van der Waals surface area contributed by atoms with E-state index in [0.717, 1.165) is 4.90 Å². The number of primary amides is 1. The van der Waals surface area contributed by atoms with Crippen LogP contribution in [0.2, 0.25) is 0 Å². The minimum absolute atomic E-state index is 0. The van der Waals surface area contributed by atoms with E-state index in [0.29, 0.717) is 24.1 Å². The molecule has 3 rings (SSSR count). The molecular formula is C25H31F3N3NaO4. The number of nitrogens with one attached hydrogen (secondary N) is 1. The number of hydrogen-bond acceptors (Lipinski definition) is 6. The molecule has 0 bridgehead atoms. The fourth-order valence-electron chi connectivity index (χ4n) is 3.86. The summed E-state index contributed by atoms with van der Waals surface area (Å²) in [4.78, 5) is 13.2. The van der Waals surface area contributed by atoms with Gasteiger partial charge in [0.05, 0.1) is 11.3 Å². The van der Waals surface area contributed by atoms with Gasteiger partial charge in [0.2, 0.25) is 0 Å². The smallest absolute Gasteiger partial charge is 0.854 e. The van der Waals surface area contributed by atoms with E-state index in [1.165, 1.54) is 24.3 Å². The Balaban J connectivity index is 0.00000616. The first kappa shape index (κ1) is 22.0. The molecule has 1 atom stereocenters. The van der Waals surface area contributed by atoms with Crippen molar-refractivity contribution < 1.29 is 70.3 Å². The number of hydrogen-bond donors (Lipinski definition) is 2. The zero-order chi connectivity index (χ0) is 30.8. The van der Waals surface area contributed by atoms with Crippen LogP contribution in [0.3, 0.4) is 0 Å². The maximum absolute atomic E-state index is 12.5. The van der Waals surface area contributed by atoms with E-state index in [-0.39, 0.29) is 77.9 Å². The van der Waals surface area contributed by atoms with Gasteiger partial charge in [-0.1, -0.05) is 24.6 Å². The minimum Gasteiger partial charge on any atom is -0.854 e. The number of nitrogens with two attached hydrogens (primary N) is 1. The van der Waals surface area contributed by atoms with Gasteiger partial charge in [-0.05, 0) is 49.1 Å². The summed E-state index contributed by atoms with van der Waals surface area (Å²) in [5, 5.41) is 15.0. The normalized spacial score (nSPS) is 17.3. The molecule has 0 saturated carbocycles. The summed E-state index contributed by atoms with van der Waals surface area (Å²) >= 11 is 0. The maximum atomic E-state index is 12.5. The Hall–Kier alpha value is -1.98. The predicted octanol–water partition coefficient (Wildman–Crippen LogP) is -0.557. The summed E-state index contributed by atoms with van der Waals surface area (Å²) < 4.78 is 94.7. The van der Waals surface area contributed by atoms with Crippen LogP contribution in [-0.2, 0) is 12.8 Å². The Bertz CT molecular complexity index is 1250. The molecule has 0 aromatic heterocycles. The van der Waals surface area contributed by atoms with E-state index < -0.39 is 38.1 Å². The first-order chi connectivity index (χ1) is 18.8. The third-order valence-electron chi connectivity index (χ3n) is 5.27. The first-order valence-corrected chi connectivity index (χ1v) is 10.9. The van der Waals surface area contributed by atoms with E-state index in [1.807, 2.05) is 6.92 Å². The number of nitrogens with zero attached hydrogens (tertiary/aromatic N) is 1. The van der Waals surface area contributed by atoms with Crippen molar-refractivity contribution in [2.75, 3.05) is 44.3 Å². The number of para-hydroxylation sites is 2. The van der Waals surface area contributed by atoms with Crippen molar-refractivity contribution in [3.8, 4) is 11.5 Å². The molecule has 192 valence electrons. The Kier molecular flexibility index (Phi) is 8.63. The molecule has 2 aromatic rings. The number of fused-ring (bicyclic) bond motifs is 1. The summed E-state index contributed by atoms with van der Waals surface area (Å²) in [6.45, 7) is -6.08. The Morgan fingerprint density at radius 3 is 2.61 bits per heavy atom. The topological polar surface area (TPSA) is 99.9 Å². The van der Waals surface area contributed by atoms with Gasteiger partial charge in [-0.15, -0.1) is 6.56 Å². The maximum Gasteiger partial charge on any atom is 1.00 e. The largest absolute Gasteiger partial charge is 1.00 e. The number of ether oxygens (including phenoxy) is 2. The van der Waals surface area contributed by atoms with E-state index in [2.05, 4.69) is 5.32 Å². The standard InChI is InChI=1S/C25H31F3N3O4.Na/c1-17(30-8-12-34-21-5-2-3-6-22(21)35-16-25(26,27)28)13-18-14-19-7-10-31(9-4-11-32)23(19)20(15-18)24(29)33;/h2-3,5-6,14-15,17,30H,4,7-13,16H2,1H3,(H2,29,33);/q-1;+1/t17-;/m1./s1/i4D2,9D2,11D2;. The molecule has 0 unspecified atom stereocenters. The number of halogens is 3. The molecule has 0 saturated heterocycles. The predicted molar refractivity (Wildman–Crippen MR) is 125 cm³/mol. The number of rotatable bonds is 13. The molecule has 1 aliphatic heterocycles. The summed E-state index contributed by atoms with van der Waals surface area (Å²) in [5.41, 5.74) is 6.71. The van der Waals surface area contributed by atoms with Gasteiger partial charge >= 0.3 is 35.7 Å². The molecule has 36 heavy (non-hydrogen) atoms. The average molecular weight is 524 g/mol. The summed E-state index contributed by atoms with van der Waals surface area (Å²) in [6.07, 6.45) is -7.33. The van der Waals surface area contributed by atoms with Gasteiger partial charge in [0, 0.05) is 33.9 Å². The molecule has 0 fully saturated rings. The van der Waals surface area contributed by atoms with Crippen LogP contribution >= 0.6 is 0 Å². The van der Waals surface area contributed by atoms with Gasteiger partial charge in [0.1, 0.15) is 6.61 Å². The second-order valence-electron chi connectivity index (χ2n) is 8.01. The van der Waals surface area contributed by atoms with Gasteiger partial charge in [0.15, 0.2) is 18.1 Å². The van der Waals surface area contributed by atoms with Crippen molar-refractivity contribution in [2.45, 2.75) is 38.4 Å². The van der Waals surface area contributed by atoms with Crippen LogP contribution in [0.4, 0.5) is 18.9 Å². The van der Waals surface area contributed by atoms with Gasteiger partial charge in [0.25, 0.3) is 5.91 Å². The number of anilines is 1. The molecule has 2 aromatic carbocycles. The van der Waals surface area contributed by atoms with E-state index in [9.17, 15) is 23.1 Å². The summed E-state index contributed by atoms with van der Waals surface area (Å²) in [6, 6.07) is 9.02. The first-order valence-electron chi connectivity index (χ1n) is 13.9. The quantitative estimate of drug-likeness (QED) is 0.270. The number of amides is 1. The van der Waals surface area contributed by atoms with Crippen LogP contribution in [0.25, 0.3) is 0 Å². The van der Waals surface area contributed by atoms with Crippen LogP contribution in [0.15, 0.2) is 36.4 Å². The Morgan fingerprint density at radius 1 is 1.28 bits per heavy atom. The molecular weight excluding hydrogens is 486 g/mol. The molecule has 7 nitrogen and oxygen atoms in total. The zero-order valence-corrected chi connectivity index (χ0v) is 22.1. The summed E-state index contributed by atoms with van der Waals surface area (Å²) in [7, 11) is 0. The van der Waals surface area contributed by atoms with Gasteiger partial charge in [-0.2, -0.15) is 13.2 Å². The number of carbonyl (C=O) groups excluding carboxylic acids is 1. The van der Waals surface area contributed by atoms with Crippen molar-refractivity contribution in [1.29, 1.82) is 0 Å². The van der Waals surface area contributed by atoms with Crippen molar-refractivity contribution in [3.63, 3.8) is 0 Å². The Morgan fingerprint density at radius 2 is 1.97 bits per heavy atom. The number of carbonyl (C=O) groups is 1. The molecule has 11 heteroatoms. The van der Waals surface area contributed by atoms with E-state index >= 15 is 0 Å². The number of benzene rings is 2. The van der Waals surface area contributed by atoms with E-state index in [4.69, 9.17) is 23.4 Å². The molecule has 0 radical (unpaired) electrons. The van der Waals surface area contributed by atoms with Gasteiger partial charge in [-0.25, -0.2) is 0 Å². The van der Waals surface area contributed by atoms with Gasteiger partial charge < -0.3 is 30.5 Å². The monoisotopic (exact) mass is 523 g/mol. The SMILES string of the molecule is [2H]C([2H])([O-])C([2H])([2H])C([2H])([2H])N1CCc2cc(C[C@@H](C)NCCOc3ccccc3OCC(F)(F)F)cc(C(N)=O)c21.[Na+]. The molecule has 0 spiro atoms. The number of alkyl halides is 3. The molecule has 1 heterocycles. The molecule has 1 amide bonds. The van der Waals surface area contributed by atoms with Crippen LogP contribution in [0, 0.1) is 0 Å². The second-order valence-corrected chi connectivity index (χ2v) is 8.01.